The molecule has 0 aliphatic heterocycles. The van der Waals surface area contributed by atoms with Gasteiger partial charge in [0.2, 0.25) is 5.91 Å². The largest absolute Gasteiger partial charge is 0.345 e. The first kappa shape index (κ1) is 17.6. The van der Waals surface area contributed by atoms with Gasteiger partial charge in [0.1, 0.15) is 5.82 Å². The average molecular weight is 379 g/mol. The number of carbonyl (C=O) groups excluding carboxylic acids is 1. The van der Waals surface area contributed by atoms with Crippen molar-refractivity contribution in [1.29, 1.82) is 0 Å². The molecule has 0 aromatic heterocycles. The zero-order valence-electron chi connectivity index (χ0n) is 13.1. The van der Waals surface area contributed by atoms with E-state index >= 15 is 0 Å². The molecule has 2 aromatic rings. The van der Waals surface area contributed by atoms with Gasteiger partial charge in [0.25, 0.3) is 0 Å². The molecule has 23 heavy (non-hydrogen) atoms. The van der Waals surface area contributed by atoms with Crippen LogP contribution < -0.4 is 11.1 Å². The molecule has 0 saturated carbocycles. The number of nitrogens with two attached hydrogens (primary N) is 1. The van der Waals surface area contributed by atoms with Crippen molar-refractivity contribution in [1.82, 2.24) is 5.32 Å². The van der Waals surface area contributed by atoms with Crippen LogP contribution in [0.15, 0.2) is 53.0 Å². The standard InChI is InChI=1S/C18H20BrFN2O/c1-11(12(2)21)18(23)22-17(13-6-4-3-5-7-13)15-9-8-14(19)10-16(15)20/h3-12,17H,21H2,1-2H3,(H,22,23). The lowest BCUT2D eigenvalue weighted by Gasteiger charge is -2.24. The third kappa shape index (κ3) is 4.39. The Labute approximate surface area is 144 Å². The summed E-state index contributed by atoms with van der Waals surface area (Å²) in [5, 5.41) is 2.92. The molecule has 0 aliphatic carbocycles. The van der Waals surface area contributed by atoms with Crippen LogP contribution in [0.25, 0.3) is 0 Å². The van der Waals surface area contributed by atoms with Gasteiger partial charge in [0, 0.05) is 22.0 Å². The second-order valence-electron chi connectivity index (χ2n) is 5.67. The maximum Gasteiger partial charge on any atom is 0.225 e. The van der Waals surface area contributed by atoms with Crippen molar-refractivity contribution in [3.05, 3.63) is 69.9 Å². The molecule has 0 aliphatic rings. The lowest BCUT2D eigenvalue weighted by Crippen LogP contribution is -2.40. The van der Waals surface area contributed by atoms with Crippen molar-refractivity contribution in [2.75, 3.05) is 0 Å². The quantitative estimate of drug-likeness (QED) is 0.831. The predicted molar refractivity (Wildman–Crippen MR) is 93.3 cm³/mol. The summed E-state index contributed by atoms with van der Waals surface area (Å²) in [6.45, 7) is 3.54. The van der Waals surface area contributed by atoms with Crippen LogP contribution in [0.1, 0.15) is 31.0 Å². The number of halogens is 2. The molecular weight excluding hydrogens is 359 g/mol. The van der Waals surface area contributed by atoms with Gasteiger partial charge < -0.3 is 11.1 Å². The van der Waals surface area contributed by atoms with Crippen molar-refractivity contribution in [3.63, 3.8) is 0 Å². The molecule has 0 bridgehead atoms. The second-order valence-corrected chi connectivity index (χ2v) is 6.58. The van der Waals surface area contributed by atoms with E-state index in [1.54, 1.807) is 26.0 Å². The summed E-state index contributed by atoms with van der Waals surface area (Å²) < 4.78 is 15.0. The summed E-state index contributed by atoms with van der Waals surface area (Å²) >= 11 is 3.25. The minimum Gasteiger partial charge on any atom is -0.345 e. The second kappa shape index (κ2) is 7.70. The van der Waals surface area contributed by atoms with Crippen molar-refractivity contribution >= 4 is 21.8 Å². The number of rotatable bonds is 5. The van der Waals surface area contributed by atoms with Crippen LogP contribution in [0.5, 0.6) is 0 Å². The number of hydrogen-bond donors (Lipinski definition) is 2. The highest BCUT2D eigenvalue weighted by molar-refractivity contribution is 9.10. The Morgan fingerprint density at radius 1 is 1.17 bits per heavy atom. The molecule has 2 aromatic carbocycles. The lowest BCUT2D eigenvalue weighted by atomic mass is 9.96. The monoisotopic (exact) mass is 378 g/mol. The number of carbonyl (C=O) groups is 1. The third-order valence-electron chi connectivity index (χ3n) is 3.90. The fraction of sp³-hybridized carbons (Fsp3) is 0.278. The van der Waals surface area contributed by atoms with E-state index in [2.05, 4.69) is 21.2 Å². The Balaban J connectivity index is 2.39. The van der Waals surface area contributed by atoms with Gasteiger partial charge in [-0.05, 0) is 24.6 Å². The fourth-order valence-corrected chi connectivity index (χ4v) is 2.57. The molecule has 0 spiro atoms. The van der Waals surface area contributed by atoms with Gasteiger partial charge in [0.05, 0.1) is 6.04 Å². The Kier molecular flexibility index (Phi) is 5.91. The van der Waals surface area contributed by atoms with Gasteiger partial charge in [-0.1, -0.05) is 59.3 Å². The van der Waals surface area contributed by atoms with Crippen LogP contribution in [-0.4, -0.2) is 11.9 Å². The zero-order chi connectivity index (χ0) is 17.0. The van der Waals surface area contributed by atoms with Gasteiger partial charge in [-0.15, -0.1) is 0 Å². The van der Waals surface area contributed by atoms with Gasteiger partial charge in [-0.2, -0.15) is 0 Å². The topological polar surface area (TPSA) is 55.1 Å². The zero-order valence-corrected chi connectivity index (χ0v) is 14.7. The van der Waals surface area contributed by atoms with Crippen LogP contribution in [0.4, 0.5) is 4.39 Å². The van der Waals surface area contributed by atoms with E-state index in [1.807, 2.05) is 30.3 Å². The summed E-state index contributed by atoms with van der Waals surface area (Å²) in [6, 6.07) is 13.3. The van der Waals surface area contributed by atoms with Gasteiger partial charge in [-0.25, -0.2) is 4.39 Å². The Hall–Kier alpha value is -1.72. The molecule has 0 heterocycles. The summed E-state index contributed by atoms with van der Waals surface area (Å²) in [5.41, 5.74) is 7.04. The van der Waals surface area contributed by atoms with Crippen LogP contribution in [-0.2, 0) is 4.79 Å². The van der Waals surface area contributed by atoms with Gasteiger partial charge >= 0.3 is 0 Å². The minimum absolute atomic E-state index is 0.198. The van der Waals surface area contributed by atoms with Crippen LogP contribution in [0.3, 0.4) is 0 Å². The average Bonchev–Trinajstić information content (AvgIpc) is 2.53. The first-order valence-corrected chi connectivity index (χ1v) is 8.25. The van der Waals surface area contributed by atoms with E-state index in [0.717, 1.165) is 5.56 Å². The van der Waals surface area contributed by atoms with Crippen LogP contribution >= 0.6 is 15.9 Å². The van der Waals surface area contributed by atoms with E-state index in [-0.39, 0.29) is 23.7 Å². The Morgan fingerprint density at radius 3 is 2.39 bits per heavy atom. The number of nitrogens with one attached hydrogen (secondary N) is 1. The summed E-state index contributed by atoms with van der Waals surface area (Å²) in [7, 11) is 0. The minimum atomic E-state index is -0.557. The van der Waals surface area contributed by atoms with Crippen molar-refractivity contribution in [2.24, 2.45) is 11.7 Å². The molecule has 0 fully saturated rings. The molecule has 0 saturated heterocycles. The van der Waals surface area contributed by atoms with E-state index in [1.165, 1.54) is 6.07 Å². The van der Waals surface area contributed by atoms with Crippen LogP contribution in [0, 0.1) is 11.7 Å². The fourth-order valence-electron chi connectivity index (χ4n) is 2.23. The smallest absolute Gasteiger partial charge is 0.225 e. The molecule has 122 valence electrons. The molecule has 0 radical (unpaired) electrons. The maximum atomic E-state index is 14.4. The molecule has 3 atom stereocenters. The normalized spacial score (nSPS) is 14.8. The highest BCUT2D eigenvalue weighted by Gasteiger charge is 2.24. The number of hydrogen-bond acceptors (Lipinski definition) is 2. The van der Waals surface area contributed by atoms with Crippen molar-refractivity contribution in [2.45, 2.75) is 25.9 Å². The van der Waals surface area contributed by atoms with E-state index in [4.69, 9.17) is 5.73 Å². The first-order chi connectivity index (χ1) is 10.9. The summed E-state index contributed by atoms with van der Waals surface area (Å²) in [6.07, 6.45) is 0. The maximum absolute atomic E-state index is 14.4. The molecular formula is C18H20BrFN2O. The Bertz CT molecular complexity index is 676. The Morgan fingerprint density at radius 2 is 1.83 bits per heavy atom. The molecule has 1 amide bonds. The molecule has 3 unspecified atom stereocenters. The number of amides is 1. The van der Waals surface area contributed by atoms with Crippen LogP contribution in [0.2, 0.25) is 0 Å². The van der Waals surface area contributed by atoms with Crippen molar-refractivity contribution < 1.29 is 9.18 Å². The van der Waals surface area contributed by atoms with Gasteiger partial charge in [0.15, 0.2) is 0 Å². The number of benzene rings is 2. The highest BCUT2D eigenvalue weighted by atomic mass is 79.9. The SMILES string of the molecule is CC(N)C(C)C(=O)NC(c1ccccc1)c1ccc(Br)cc1F. The van der Waals surface area contributed by atoms with Gasteiger partial charge in [-0.3, -0.25) is 4.79 Å². The molecule has 3 nitrogen and oxygen atoms in total. The van der Waals surface area contributed by atoms with Crippen molar-refractivity contribution in [3.8, 4) is 0 Å². The van der Waals surface area contributed by atoms with E-state index in [9.17, 15) is 9.18 Å². The first-order valence-electron chi connectivity index (χ1n) is 7.46. The van der Waals surface area contributed by atoms with E-state index < -0.39 is 6.04 Å². The molecule has 5 heteroatoms. The predicted octanol–water partition coefficient (Wildman–Crippen LogP) is 3.78. The third-order valence-corrected chi connectivity index (χ3v) is 4.39. The molecule has 3 N–H and O–H groups in total. The highest BCUT2D eigenvalue weighted by Crippen LogP contribution is 2.27. The summed E-state index contributed by atoms with van der Waals surface area (Å²) in [4.78, 5) is 12.4. The molecule has 2 rings (SSSR count). The summed E-state index contributed by atoms with van der Waals surface area (Å²) in [5.74, 6) is -0.933. The lowest BCUT2D eigenvalue weighted by molar-refractivity contribution is -0.125. The van der Waals surface area contributed by atoms with E-state index in [0.29, 0.717) is 10.0 Å².